The van der Waals surface area contributed by atoms with Crippen LogP contribution in [0.4, 0.5) is 16.8 Å². The first-order valence-electron chi connectivity index (χ1n) is 1.95. The lowest BCUT2D eigenvalue weighted by atomic mass is 10.8. The van der Waals surface area contributed by atoms with Gasteiger partial charge in [-0.05, 0) is 6.92 Å². The Balaban J connectivity index is 3.84. The van der Waals surface area contributed by atoms with E-state index in [1.54, 1.807) is 0 Å². The number of allylic oxidation sites excluding steroid dienone is 1. The zero-order chi connectivity index (χ0) is 7.44. The number of rotatable bonds is 2. The Morgan fingerprint density at radius 2 is 1.67 bits per heavy atom. The molecule has 0 aromatic heterocycles. The van der Waals surface area contributed by atoms with E-state index in [0.29, 0.717) is 5.82 Å². The van der Waals surface area contributed by atoms with E-state index in [9.17, 15) is 16.8 Å². The minimum absolute atomic E-state index is 0.334. The predicted octanol–water partition coefficient (Wildman–Crippen LogP) is 4.35. The first kappa shape index (κ1) is 9.32. The monoisotopic (exact) mass is 178 g/mol. The SMILES string of the molecule is C/C(=C/P(F)F)P(F)F. The first-order chi connectivity index (χ1) is 4.04. The molecule has 0 spiro atoms. The van der Waals surface area contributed by atoms with Crippen LogP contribution in [0.1, 0.15) is 6.92 Å². The summed E-state index contributed by atoms with van der Waals surface area (Å²) in [5.74, 6) is 0.334. The van der Waals surface area contributed by atoms with Gasteiger partial charge in [-0.25, -0.2) is 0 Å². The largest absolute Gasteiger partial charge is 0.293 e. The minimum atomic E-state index is -3.30. The number of halogens is 4. The topological polar surface area (TPSA) is 0 Å². The van der Waals surface area contributed by atoms with Crippen LogP contribution in [0.25, 0.3) is 0 Å². The molecule has 0 radical (unpaired) electrons. The lowest BCUT2D eigenvalue weighted by Gasteiger charge is -1.93. The molecule has 0 saturated carbocycles. The molecule has 54 valence electrons. The number of hydrogen-bond donors (Lipinski definition) is 0. The molecular formula is C3H4F4P2. The summed E-state index contributed by atoms with van der Waals surface area (Å²) in [5.41, 5.74) is 0. The highest BCUT2D eigenvalue weighted by atomic mass is 31.2. The van der Waals surface area contributed by atoms with Crippen molar-refractivity contribution in [2.45, 2.75) is 6.92 Å². The molecule has 0 heterocycles. The molecule has 0 unspecified atom stereocenters. The van der Waals surface area contributed by atoms with E-state index in [2.05, 4.69) is 0 Å². The Labute approximate surface area is 52.9 Å². The molecule has 0 amide bonds. The van der Waals surface area contributed by atoms with Crippen molar-refractivity contribution in [3.63, 3.8) is 0 Å². The van der Waals surface area contributed by atoms with Crippen LogP contribution in [0, 0.1) is 0 Å². The maximum atomic E-state index is 11.5. The van der Waals surface area contributed by atoms with Crippen molar-refractivity contribution in [1.82, 2.24) is 0 Å². The Morgan fingerprint density at radius 1 is 1.22 bits per heavy atom. The van der Waals surface area contributed by atoms with E-state index in [1.807, 2.05) is 0 Å². The maximum absolute atomic E-state index is 11.5. The zero-order valence-corrected chi connectivity index (χ0v) is 6.27. The molecular weight excluding hydrogens is 174 g/mol. The van der Waals surface area contributed by atoms with E-state index in [-0.39, 0.29) is 0 Å². The molecule has 0 bridgehead atoms. The third-order valence-electron chi connectivity index (χ3n) is 0.551. The van der Waals surface area contributed by atoms with Gasteiger partial charge in [0.15, 0.2) is 0 Å². The van der Waals surface area contributed by atoms with Gasteiger partial charge < -0.3 is 0 Å². The highest BCUT2D eigenvalue weighted by molar-refractivity contribution is 7.54. The van der Waals surface area contributed by atoms with Gasteiger partial charge in [0.25, 0.3) is 17.1 Å². The zero-order valence-electron chi connectivity index (χ0n) is 4.48. The molecule has 0 N–H and O–H groups in total. The normalized spacial score (nSPS) is 13.4. The van der Waals surface area contributed by atoms with Crippen molar-refractivity contribution in [3.05, 3.63) is 11.1 Å². The van der Waals surface area contributed by atoms with E-state index >= 15 is 0 Å². The minimum Gasteiger partial charge on any atom is -0.184 e. The van der Waals surface area contributed by atoms with Crippen molar-refractivity contribution in [3.8, 4) is 0 Å². The lowest BCUT2D eigenvalue weighted by molar-refractivity contribution is 0.750. The molecule has 0 aliphatic heterocycles. The highest BCUT2D eigenvalue weighted by Gasteiger charge is 2.09. The van der Waals surface area contributed by atoms with Gasteiger partial charge in [-0.3, -0.25) is 0 Å². The van der Waals surface area contributed by atoms with E-state index < -0.39 is 22.4 Å². The first-order valence-corrected chi connectivity index (χ1v) is 4.26. The lowest BCUT2D eigenvalue weighted by Crippen LogP contribution is -1.59. The molecule has 9 heavy (non-hydrogen) atoms. The molecule has 0 fully saturated rings. The molecule has 0 aromatic carbocycles. The second-order valence-corrected chi connectivity index (χ2v) is 3.21. The van der Waals surface area contributed by atoms with Crippen LogP contribution in [-0.2, 0) is 0 Å². The average molecular weight is 178 g/mol. The Morgan fingerprint density at radius 3 is 1.78 bits per heavy atom. The van der Waals surface area contributed by atoms with Crippen LogP contribution in [0.3, 0.4) is 0 Å². The van der Waals surface area contributed by atoms with Crippen molar-refractivity contribution in [2.24, 2.45) is 0 Å². The molecule has 0 saturated heterocycles. The van der Waals surface area contributed by atoms with Gasteiger partial charge in [0, 0.05) is 11.1 Å². The fourth-order valence-electron chi connectivity index (χ4n) is 0.185. The van der Waals surface area contributed by atoms with Crippen molar-refractivity contribution in [1.29, 1.82) is 0 Å². The molecule has 0 nitrogen and oxygen atoms in total. The summed E-state index contributed by atoms with van der Waals surface area (Å²) in [6, 6.07) is 0. The molecule has 0 rings (SSSR count). The summed E-state index contributed by atoms with van der Waals surface area (Å²) in [5, 5.41) is -0.485. The third kappa shape index (κ3) is 4.80. The van der Waals surface area contributed by atoms with Crippen LogP contribution in [0.2, 0.25) is 0 Å². The van der Waals surface area contributed by atoms with Gasteiger partial charge in [0.1, 0.15) is 0 Å². The smallest absolute Gasteiger partial charge is 0.184 e. The Kier molecular flexibility index (Phi) is 4.33. The fraction of sp³-hybridized carbons (Fsp3) is 0.333. The number of hydrogen-bond acceptors (Lipinski definition) is 0. The van der Waals surface area contributed by atoms with Crippen LogP contribution < -0.4 is 0 Å². The van der Waals surface area contributed by atoms with Gasteiger partial charge in [0.05, 0.1) is 0 Å². The van der Waals surface area contributed by atoms with Gasteiger partial charge in [0.2, 0.25) is 0 Å². The second kappa shape index (κ2) is 4.19. The molecule has 0 aliphatic rings. The molecule has 6 heteroatoms. The quantitative estimate of drug-likeness (QED) is 0.435. The maximum Gasteiger partial charge on any atom is 0.293 e. The van der Waals surface area contributed by atoms with Crippen molar-refractivity contribution in [2.75, 3.05) is 0 Å². The molecule has 0 atom stereocenters. The van der Waals surface area contributed by atoms with E-state index in [4.69, 9.17) is 0 Å². The van der Waals surface area contributed by atoms with Crippen LogP contribution >= 0.6 is 17.1 Å². The van der Waals surface area contributed by atoms with Crippen molar-refractivity contribution >= 4 is 17.1 Å². The van der Waals surface area contributed by atoms with Crippen LogP contribution in [-0.4, -0.2) is 0 Å². The van der Waals surface area contributed by atoms with E-state index in [0.717, 1.165) is 6.92 Å². The van der Waals surface area contributed by atoms with Gasteiger partial charge in [-0.15, -0.1) is 0 Å². The summed E-state index contributed by atoms with van der Waals surface area (Å²) in [6.07, 6.45) is 0. The highest BCUT2D eigenvalue weighted by Crippen LogP contribution is 2.52. The van der Waals surface area contributed by atoms with Gasteiger partial charge in [-0.2, -0.15) is 16.8 Å². The average Bonchev–Trinajstić information content (AvgIpc) is 1.63. The summed E-state index contributed by atoms with van der Waals surface area (Å²) in [7, 11) is -6.60. The second-order valence-electron chi connectivity index (χ2n) is 1.26. The third-order valence-corrected chi connectivity index (χ3v) is 2.00. The summed E-state index contributed by atoms with van der Waals surface area (Å²) < 4.78 is 45.5. The summed E-state index contributed by atoms with van der Waals surface area (Å²) >= 11 is 0. The van der Waals surface area contributed by atoms with Crippen LogP contribution in [0.15, 0.2) is 11.1 Å². The van der Waals surface area contributed by atoms with Crippen molar-refractivity contribution < 1.29 is 16.8 Å². The fourth-order valence-corrected chi connectivity index (χ4v) is 1.08. The Hall–Kier alpha value is 0.320. The van der Waals surface area contributed by atoms with Crippen LogP contribution in [0.5, 0.6) is 0 Å². The standard InChI is InChI=1S/C3H4F4P2/c1-3(9(6)7)2-8(4)5/h2H,1H3/b3-2-. The molecule has 0 aromatic rings. The Bertz CT molecular complexity index is 110. The molecule has 0 aliphatic carbocycles. The summed E-state index contributed by atoms with van der Waals surface area (Å²) in [4.78, 5) is 0. The van der Waals surface area contributed by atoms with E-state index in [1.165, 1.54) is 0 Å². The predicted molar refractivity (Wildman–Crippen MR) is 32.0 cm³/mol. The van der Waals surface area contributed by atoms with Gasteiger partial charge >= 0.3 is 0 Å². The van der Waals surface area contributed by atoms with Gasteiger partial charge in [-0.1, -0.05) is 0 Å². The summed E-state index contributed by atoms with van der Waals surface area (Å²) in [6.45, 7) is 1.01.